The molecule has 36 heavy (non-hydrogen) atoms. The fourth-order valence-electron chi connectivity index (χ4n) is 4.19. The number of fused-ring (bicyclic) bond motifs is 4. The van der Waals surface area contributed by atoms with Crippen molar-refractivity contribution < 1.29 is 23.4 Å². The first-order valence-corrected chi connectivity index (χ1v) is 13.8. The van der Waals surface area contributed by atoms with Crippen molar-refractivity contribution in [2.45, 2.75) is 31.8 Å². The van der Waals surface area contributed by atoms with E-state index in [1.54, 1.807) is 11.0 Å². The molecule has 6 rings (SSSR count). The van der Waals surface area contributed by atoms with E-state index in [-0.39, 0.29) is 32.7 Å². The van der Waals surface area contributed by atoms with Gasteiger partial charge in [-0.05, 0) is 0 Å². The average Bonchev–Trinajstić information content (AvgIpc) is 3.10. The Balaban J connectivity index is 0.000000158. The van der Waals surface area contributed by atoms with E-state index in [0.29, 0.717) is 37.1 Å². The molecule has 1 amide bonds. The topological polar surface area (TPSA) is 83.8 Å². The maximum absolute atomic E-state index is 13.7. The van der Waals surface area contributed by atoms with Crippen LogP contribution in [0.4, 0.5) is 8.78 Å². The van der Waals surface area contributed by atoms with Crippen LogP contribution >= 0.6 is 0 Å². The van der Waals surface area contributed by atoms with Crippen molar-refractivity contribution in [3.05, 3.63) is 92.9 Å². The van der Waals surface area contributed by atoms with Crippen molar-refractivity contribution in [3.8, 4) is 5.75 Å². The number of halogens is 2. The summed E-state index contributed by atoms with van der Waals surface area (Å²) in [5.41, 5.74) is 5.16. The molecule has 2 aromatic carbocycles. The third-order valence-corrected chi connectivity index (χ3v) is 8.37. The molecule has 2 N–H and O–H groups in total. The summed E-state index contributed by atoms with van der Waals surface area (Å²) in [6.45, 7) is 5.29. The predicted octanol–water partition coefficient (Wildman–Crippen LogP) is 2.33. The summed E-state index contributed by atoms with van der Waals surface area (Å²) >= 11 is 0.191. The van der Waals surface area contributed by atoms with Crippen LogP contribution in [-0.4, -0.2) is 61.5 Å². The first-order chi connectivity index (χ1) is 17.4. The molecule has 1 unspecified atom stereocenters. The Bertz CT molecular complexity index is 1330. The summed E-state index contributed by atoms with van der Waals surface area (Å²) in [4.78, 5) is 25.0. The van der Waals surface area contributed by atoms with Gasteiger partial charge in [-0.1, -0.05) is 13.8 Å². The second kappa shape index (κ2) is 11.2. The van der Waals surface area contributed by atoms with Gasteiger partial charge >= 0.3 is 105 Å². The van der Waals surface area contributed by atoms with Crippen molar-refractivity contribution in [1.82, 2.24) is 9.58 Å². The summed E-state index contributed by atoms with van der Waals surface area (Å²) in [7, 11) is 0. The standard InChI is InChI=1S/C14H10F2Se.C10H11N3O4.C2H6/c15-12-6-5-9-7-10-3-1-2-4-13(10)17-8-11(9)14(12)16;14-6-1-2-13-8(9(6)15)10(16)12-3-4-17-5-7(12)11-13;1-2/h1-6H,7-8H2;1-2,7,11,15H,3-5H2;1-2H3. The Hall–Kier alpha value is -3.20. The molecule has 0 aliphatic carbocycles. The normalized spacial score (nSPS) is 17.4. The molecule has 3 aliphatic heterocycles. The van der Waals surface area contributed by atoms with Gasteiger partial charge in [-0.2, -0.15) is 0 Å². The van der Waals surface area contributed by atoms with Gasteiger partial charge in [0.15, 0.2) is 11.4 Å². The average molecular weight is 562 g/mol. The van der Waals surface area contributed by atoms with E-state index in [1.807, 2.05) is 26.0 Å². The monoisotopic (exact) mass is 563 g/mol. The molecular formula is C26H27F2N3O4Se. The molecule has 7 nitrogen and oxygen atoms in total. The zero-order chi connectivity index (χ0) is 25.8. The number of nitrogens with one attached hydrogen (secondary N) is 1. The number of ether oxygens (including phenoxy) is 1. The summed E-state index contributed by atoms with van der Waals surface area (Å²) < 4.78 is 34.9. The molecule has 190 valence electrons. The van der Waals surface area contributed by atoms with Crippen molar-refractivity contribution in [2.75, 3.05) is 25.2 Å². The van der Waals surface area contributed by atoms with Crippen LogP contribution in [-0.2, 0) is 16.5 Å². The molecule has 1 aromatic heterocycles. The number of hydrogen-bond acceptors (Lipinski definition) is 5. The SMILES string of the molecule is CC.Fc1ccc2c(c1F)C[Se]c1ccccc1C2.O=C1c2c(O)c(=O)ccn2NC2COCCN12. The number of rotatable bonds is 0. The van der Waals surface area contributed by atoms with Gasteiger partial charge in [0.25, 0.3) is 5.91 Å². The Kier molecular flexibility index (Phi) is 8.08. The molecule has 3 aromatic rings. The quantitative estimate of drug-likeness (QED) is 0.411. The number of carbonyl (C=O) groups is 1. The molecule has 0 saturated carbocycles. The van der Waals surface area contributed by atoms with E-state index in [4.69, 9.17) is 4.74 Å². The Morgan fingerprint density at radius 1 is 1.08 bits per heavy atom. The number of carbonyl (C=O) groups excluding carboxylic acids is 1. The number of morpholine rings is 1. The fourth-order valence-corrected chi connectivity index (χ4v) is 6.52. The van der Waals surface area contributed by atoms with Crippen LogP contribution in [0.5, 0.6) is 5.75 Å². The molecule has 1 fully saturated rings. The van der Waals surface area contributed by atoms with Gasteiger partial charge in [-0.25, -0.2) is 0 Å². The summed E-state index contributed by atoms with van der Waals surface area (Å²) in [6, 6.07) is 12.3. The van der Waals surface area contributed by atoms with E-state index < -0.39 is 22.8 Å². The number of nitrogens with zero attached hydrogens (tertiary/aromatic N) is 2. The van der Waals surface area contributed by atoms with Crippen molar-refractivity contribution in [2.24, 2.45) is 0 Å². The van der Waals surface area contributed by atoms with Gasteiger partial charge in [0.05, 0.1) is 13.2 Å². The van der Waals surface area contributed by atoms with Crippen molar-refractivity contribution >= 4 is 25.3 Å². The van der Waals surface area contributed by atoms with Crippen LogP contribution in [0.2, 0.25) is 0 Å². The third kappa shape index (κ3) is 5.02. The molecule has 1 atom stereocenters. The number of hydrogen-bond donors (Lipinski definition) is 2. The van der Waals surface area contributed by atoms with Gasteiger partial charge < -0.3 is 20.2 Å². The summed E-state index contributed by atoms with van der Waals surface area (Å²) in [6.07, 6.45) is 1.89. The number of pyridine rings is 1. The fraction of sp³-hybridized carbons (Fsp3) is 0.308. The van der Waals surface area contributed by atoms with Gasteiger partial charge in [0.1, 0.15) is 6.17 Å². The van der Waals surface area contributed by atoms with E-state index in [1.165, 1.54) is 33.0 Å². The van der Waals surface area contributed by atoms with E-state index in [0.717, 1.165) is 5.56 Å². The van der Waals surface area contributed by atoms with Gasteiger partial charge in [0.2, 0.25) is 5.43 Å². The minimum absolute atomic E-state index is 0.0179. The Morgan fingerprint density at radius 3 is 2.67 bits per heavy atom. The second-order valence-corrected chi connectivity index (χ2v) is 10.2. The zero-order valence-electron chi connectivity index (χ0n) is 20.0. The van der Waals surface area contributed by atoms with E-state index in [9.17, 15) is 23.5 Å². The predicted molar refractivity (Wildman–Crippen MR) is 133 cm³/mol. The minimum Gasteiger partial charge on any atom is -0.502 e. The second-order valence-electron chi connectivity index (χ2n) is 8.04. The maximum Gasteiger partial charge on any atom is 0.278 e. The van der Waals surface area contributed by atoms with Gasteiger partial charge in [-0.15, -0.1) is 0 Å². The largest absolute Gasteiger partial charge is 0.502 e. The van der Waals surface area contributed by atoms with Gasteiger partial charge in [0, 0.05) is 18.8 Å². The van der Waals surface area contributed by atoms with Crippen molar-refractivity contribution in [1.29, 1.82) is 0 Å². The molecular weight excluding hydrogens is 535 g/mol. The van der Waals surface area contributed by atoms with Crippen LogP contribution in [0, 0.1) is 11.6 Å². The zero-order valence-corrected chi connectivity index (χ0v) is 21.7. The summed E-state index contributed by atoms with van der Waals surface area (Å²) in [5.74, 6) is -2.26. The molecule has 4 heterocycles. The molecule has 0 bridgehead atoms. The smallest absolute Gasteiger partial charge is 0.278 e. The maximum atomic E-state index is 13.7. The van der Waals surface area contributed by atoms with Crippen LogP contribution in [0.25, 0.3) is 0 Å². The number of aromatic nitrogens is 1. The first-order valence-electron chi connectivity index (χ1n) is 11.7. The van der Waals surface area contributed by atoms with Gasteiger partial charge in [-0.3, -0.25) is 14.3 Å². The third-order valence-electron chi connectivity index (χ3n) is 5.97. The molecule has 3 aliphatic rings. The first kappa shape index (κ1) is 25.9. The Morgan fingerprint density at radius 2 is 1.86 bits per heavy atom. The molecule has 1 saturated heterocycles. The van der Waals surface area contributed by atoms with Crippen LogP contribution in [0.3, 0.4) is 0 Å². The van der Waals surface area contributed by atoms with E-state index >= 15 is 0 Å². The molecule has 10 heteroatoms. The van der Waals surface area contributed by atoms with Crippen LogP contribution in [0.15, 0.2) is 53.5 Å². The molecule has 0 spiro atoms. The summed E-state index contributed by atoms with van der Waals surface area (Å²) in [5, 5.41) is 10.3. The van der Waals surface area contributed by atoms with Crippen LogP contribution < -0.4 is 15.3 Å². The van der Waals surface area contributed by atoms with E-state index in [2.05, 4.69) is 17.6 Å². The number of benzene rings is 2. The number of aromatic hydroxyl groups is 1. The minimum atomic E-state index is -0.731. The number of amides is 1. The Labute approximate surface area is 213 Å². The molecule has 0 radical (unpaired) electrons. The van der Waals surface area contributed by atoms with Crippen molar-refractivity contribution in [3.63, 3.8) is 0 Å². The van der Waals surface area contributed by atoms with Crippen LogP contribution in [0.1, 0.15) is 41.0 Å².